The molecular weight excluding hydrogens is 140 g/mol. The van der Waals surface area contributed by atoms with Gasteiger partial charge in [-0.2, -0.15) is 0 Å². The Bertz CT molecular complexity index is 154. The molecule has 0 aromatic heterocycles. The largest absolute Gasteiger partial charge is 0.393 e. The number of hydrogen-bond donors (Lipinski definition) is 2. The molecule has 0 amide bonds. The van der Waals surface area contributed by atoms with Crippen LogP contribution in [0.5, 0.6) is 0 Å². The SMILES string of the molecule is C/C=C/[C@]1(O)CCC[C@H](O)C1. The minimum absolute atomic E-state index is 0.315. The molecule has 0 bridgehead atoms. The highest BCUT2D eigenvalue weighted by Gasteiger charge is 2.30. The summed E-state index contributed by atoms with van der Waals surface area (Å²) in [7, 11) is 0. The van der Waals surface area contributed by atoms with Crippen LogP contribution in [0.15, 0.2) is 12.2 Å². The molecule has 2 atom stereocenters. The number of rotatable bonds is 1. The van der Waals surface area contributed by atoms with Crippen LogP contribution in [0.4, 0.5) is 0 Å². The molecule has 1 rings (SSSR count). The van der Waals surface area contributed by atoms with Crippen LogP contribution in [0.1, 0.15) is 32.6 Å². The van der Waals surface area contributed by atoms with Gasteiger partial charge in [-0.3, -0.25) is 0 Å². The maximum atomic E-state index is 9.79. The lowest BCUT2D eigenvalue weighted by atomic mass is 9.83. The third-order valence-electron chi connectivity index (χ3n) is 2.21. The van der Waals surface area contributed by atoms with Gasteiger partial charge in [0.05, 0.1) is 11.7 Å². The van der Waals surface area contributed by atoms with Crippen molar-refractivity contribution in [2.24, 2.45) is 0 Å². The Morgan fingerprint density at radius 1 is 1.55 bits per heavy atom. The molecule has 0 saturated heterocycles. The second-order valence-electron chi connectivity index (χ2n) is 3.35. The minimum Gasteiger partial charge on any atom is -0.393 e. The average molecular weight is 156 g/mol. The zero-order valence-corrected chi connectivity index (χ0v) is 6.95. The fraction of sp³-hybridized carbons (Fsp3) is 0.778. The van der Waals surface area contributed by atoms with Gasteiger partial charge >= 0.3 is 0 Å². The van der Waals surface area contributed by atoms with Gasteiger partial charge in [-0.15, -0.1) is 0 Å². The van der Waals surface area contributed by atoms with Gasteiger partial charge in [-0.25, -0.2) is 0 Å². The first-order chi connectivity index (χ1) is 5.16. The van der Waals surface area contributed by atoms with Crippen molar-refractivity contribution in [2.75, 3.05) is 0 Å². The first-order valence-electron chi connectivity index (χ1n) is 4.20. The molecule has 0 spiro atoms. The molecule has 2 N–H and O–H groups in total. The van der Waals surface area contributed by atoms with Crippen molar-refractivity contribution in [3.8, 4) is 0 Å². The van der Waals surface area contributed by atoms with Crippen molar-refractivity contribution in [2.45, 2.75) is 44.3 Å². The van der Waals surface area contributed by atoms with E-state index in [1.807, 2.05) is 13.0 Å². The van der Waals surface area contributed by atoms with Crippen molar-refractivity contribution in [1.29, 1.82) is 0 Å². The lowest BCUT2D eigenvalue weighted by Gasteiger charge is -2.32. The molecule has 11 heavy (non-hydrogen) atoms. The van der Waals surface area contributed by atoms with Crippen molar-refractivity contribution >= 4 is 0 Å². The van der Waals surface area contributed by atoms with E-state index in [1.165, 1.54) is 0 Å². The topological polar surface area (TPSA) is 40.5 Å². The summed E-state index contributed by atoms with van der Waals surface area (Å²) in [6.45, 7) is 1.89. The molecule has 0 aliphatic heterocycles. The molecule has 0 heterocycles. The van der Waals surface area contributed by atoms with E-state index in [0.717, 1.165) is 19.3 Å². The molecule has 0 radical (unpaired) electrons. The average Bonchev–Trinajstić information content (AvgIpc) is 1.86. The molecule has 0 aromatic carbocycles. The number of hydrogen-bond acceptors (Lipinski definition) is 2. The third-order valence-corrected chi connectivity index (χ3v) is 2.21. The van der Waals surface area contributed by atoms with Gasteiger partial charge in [-0.1, -0.05) is 12.2 Å². The minimum atomic E-state index is -0.730. The highest BCUT2D eigenvalue weighted by Crippen LogP contribution is 2.29. The lowest BCUT2D eigenvalue weighted by molar-refractivity contribution is -0.0107. The lowest BCUT2D eigenvalue weighted by Crippen LogP contribution is -2.35. The molecule has 0 aromatic rings. The summed E-state index contributed by atoms with van der Waals surface area (Å²) < 4.78 is 0. The molecule has 64 valence electrons. The van der Waals surface area contributed by atoms with Crippen LogP contribution in [-0.2, 0) is 0 Å². The Kier molecular flexibility index (Phi) is 2.68. The van der Waals surface area contributed by atoms with Gasteiger partial charge in [0.25, 0.3) is 0 Å². The maximum absolute atomic E-state index is 9.79. The van der Waals surface area contributed by atoms with Crippen LogP contribution in [0.25, 0.3) is 0 Å². The third kappa shape index (κ3) is 2.31. The fourth-order valence-corrected chi connectivity index (χ4v) is 1.72. The van der Waals surface area contributed by atoms with Crippen molar-refractivity contribution in [3.05, 3.63) is 12.2 Å². The zero-order valence-electron chi connectivity index (χ0n) is 6.95. The van der Waals surface area contributed by atoms with E-state index in [9.17, 15) is 10.2 Å². The second-order valence-corrected chi connectivity index (χ2v) is 3.35. The summed E-state index contributed by atoms with van der Waals surface area (Å²) in [5, 5.41) is 19.1. The van der Waals surface area contributed by atoms with Gasteiger partial charge in [0.15, 0.2) is 0 Å². The summed E-state index contributed by atoms with van der Waals surface area (Å²) in [6.07, 6.45) is 6.35. The Balaban J connectivity index is 2.55. The van der Waals surface area contributed by atoms with Crippen molar-refractivity contribution in [1.82, 2.24) is 0 Å². The van der Waals surface area contributed by atoms with E-state index >= 15 is 0 Å². The van der Waals surface area contributed by atoms with E-state index < -0.39 is 5.60 Å². The number of allylic oxidation sites excluding steroid dienone is 1. The molecule has 1 aliphatic rings. The van der Waals surface area contributed by atoms with Crippen LogP contribution in [-0.4, -0.2) is 21.9 Å². The van der Waals surface area contributed by atoms with E-state index in [1.54, 1.807) is 6.08 Å². The monoisotopic (exact) mass is 156 g/mol. The molecule has 2 nitrogen and oxygen atoms in total. The van der Waals surface area contributed by atoms with Crippen molar-refractivity contribution < 1.29 is 10.2 Å². The Hall–Kier alpha value is -0.340. The Morgan fingerprint density at radius 2 is 2.27 bits per heavy atom. The van der Waals surface area contributed by atoms with Gasteiger partial charge < -0.3 is 10.2 Å². The van der Waals surface area contributed by atoms with Crippen LogP contribution < -0.4 is 0 Å². The summed E-state index contributed by atoms with van der Waals surface area (Å²) >= 11 is 0. The molecule has 2 heteroatoms. The predicted molar refractivity (Wildman–Crippen MR) is 44.2 cm³/mol. The second kappa shape index (κ2) is 3.37. The van der Waals surface area contributed by atoms with E-state index in [2.05, 4.69) is 0 Å². The summed E-state index contributed by atoms with van der Waals surface area (Å²) in [6, 6.07) is 0. The van der Waals surface area contributed by atoms with Crippen LogP contribution in [0.2, 0.25) is 0 Å². The van der Waals surface area contributed by atoms with E-state index in [0.29, 0.717) is 6.42 Å². The first-order valence-corrected chi connectivity index (χ1v) is 4.20. The van der Waals surface area contributed by atoms with Crippen LogP contribution in [0.3, 0.4) is 0 Å². The Labute approximate surface area is 67.6 Å². The highest BCUT2D eigenvalue weighted by atomic mass is 16.3. The number of aliphatic hydroxyl groups excluding tert-OH is 1. The normalized spacial score (nSPS) is 39.7. The first kappa shape index (κ1) is 8.75. The van der Waals surface area contributed by atoms with Crippen molar-refractivity contribution in [3.63, 3.8) is 0 Å². The quantitative estimate of drug-likeness (QED) is 0.560. The van der Waals surface area contributed by atoms with Gasteiger partial charge in [0.2, 0.25) is 0 Å². The van der Waals surface area contributed by atoms with Gasteiger partial charge in [0, 0.05) is 6.42 Å². The predicted octanol–water partition coefficient (Wildman–Crippen LogP) is 1.23. The van der Waals surface area contributed by atoms with Crippen LogP contribution in [0, 0.1) is 0 Å². The van der Waals surface area contributed by atoms with Gasteiger partial charge in [-0.05, 0) is 26.2 Å². The summed E-state index contributed by atoms with van der Waals surface area (Å²) in [5.41, 5.74) is -0.730. The molecular formula is C9H16O2. The maximum Gasteiger partial charge on any atom is 0.0852 e. The Morgan fingerprint density at radius 3 is 2.82 bits per heavy atom. The van der Waals surface area contributed by atoms with E-state index in [-0.39, 0.29) is 6.10 Å². The van der Waals surface area contributed by atoms with Gasteiger partial charge in [0.1, 0.15) is 0 Å². The molecule has 1 aliphatic carbocycles. The molecule has 1 saturated carbocycles. The highest BCUT2D eigenvalue weighted by molar-refractivity contribution is 5.02. The summed E-state index contributed by atoms with van der Waals surface area (Å²) in [4.78, 5) is 0. The van der Waals surface area contributed by atoms with Crippen LogP contribution >= 0.6 is 0 Å². The molecule has 0 unspecified atom stereocenters. The smallest absolute Gasteiger partial charge is 0.0852 e. The summed E-state index contributed by atoms with van der Waals surface area (Å²) in [5.74, 6) is 0. The standard InChI is InChI=1S/C9H16O2/c1-2-5-9(11)6-3-4-8(10)7-9/h2,5,8,10-11H,3-4,6-7H2,1H3/b5-2+/t8-,9-/m0/s1. The zero-order chi connectivity index (χ0) is 8.32. The van der Waals surface area contributed by atoms with E-state index in [4.69, 9.17) is 0 Å². The molecule has 1 fully saturated rings. The fourth-order valence-electron chi connectivity index (χ4n) is 1.72. The number of aliphatic hydroxyl groups is 2.